The lowest BCUT2D eigenvalue weighted by molar-refractivity contribution is 0.176. The van der Waals surface area contributed by atoms with E-state index in [0.29, 0.717) is 15.1 Å². The van der Waals surface area contributed by atoms with Gasteiger partial charge in [0, 0.05) is 10.9 Å². The van der Waals surface area contributed by atoms with Crippen LogP contribution in [0.4, 0.5) is 8.78 Å². The number of aliphatic hydroxyl groups is 1. The molecule has 100 valence electrons. The second kappa shape index (κ2) is 5.99. The van der Waals surface area contributed by atoms with Gasteiger partial charge in [-0.3, -0.25) is 0 Å². The Balaban J connectivity index is 2.23. The Morgan fingerprint density at radius 1 is 1.21 bits per heavy atom. The molecule has 0 amide bonds. The Morgan fingerprint density at radius 2 is 1.95 bits per heavy atom. The summed E-state index contributed by atoms with van der Waals surface area (Å²) in [6, 6.07) is 8.85. The zero-order valence-electron chi connectivity index (χ0n) is 9.71. The molecule has 1 nitrogen and oxygen atoms in total. The highest BCUT2D eigenvalue weighted by Crippen LogP contribution is 2.28. The lowest BCUT2D eigenvalue weighted by atomic mass is 10.0. The van der Waals surface area contributed by atoms with Crippen molar-refractivity contribution in [1.29, 1.82) is 0 Å². The van der Waals surface area contributed by atoms with Crippen LogP contribution in [-0.4, -0.2) is 5.11 Å². The van der Waals surface area contributed by atoms with Crippen LogP contribution in [0.5, 0.6) is 0 Å². The van der Waals surface area contributed by atoms with Crippen LogP contribution in [0.15, 0.2) is 40.9 Å². The fourth-order valence-corrected chi connectivity index (χ4v) is 2.27. The van der Waals surface area contributed by atoms with Crippen molar-refractivity contribution >= 4 is 27.5 Å². The SMILES string of the molecule is OC(Cc1cccc(F)c1F)c1ccc(Cl)c(Br)c1. The summed E-state index contributed by atoms with van der Waals surface area (Å²) >= 11 is 9.10. The van der Waals surface area contributed by atoms with E-state index in [4.69, 9.17) is 11.6 Å². The Kier molecular flexibility index (Phi) is 4.55. The molecule has 2 rings (SSSR count). The summed E-state index contributed by atoms with van der Waals surface area (Å²) in [5, 5.41) is 10.6. The molecule has 0 spiro atoms. The molecule has 0 saturated carbocycles. The van der Waals surface area contributed by atoms with Gasteiger partial charge in [0.1, 0.15) is 0 Å². The van der Waals surface area contributed by atoms with E-state index in [2.05, 4.69) is 15.9 Å². The average Bonchev–Trinajstić information content (AvgIpc) is 2.38. The van der Waals surface area contributed by atoms with Crippen LogP contribution in [-0.2, 0) is 6.42 Å². The number of rotatable bonds is 3. The molecule has 19 heavy (non-hydrogen) atoms. The van der Waals surface area contributed by atoms with Crippen LogP contribution < -0.4 is 0 Å². The standard InChI is InChI=1S/C14H10BrClF2O/c15-10-6-8(4-5-11(10)16)13(19)7-9-2-1-3-12(17)14(9)18/h1-6,13,19H,7H2. The van der Waals surface area contributed by atoms with E-state index < -0.39 is 17.7 Å². The van der Waals surface area contributed by atoms with Gasteiger partial charge in [0.25, 0.3) is 0 Å². The third-order valence-electron chi connectivity index (χ3n) is 2.77. The van der Waals surface area contributed by atoms with E-state index in [-0.39, 0.29) is 12.0 Å². The number of aliphatic hydroxyl groups excluding tert-OH is 1. The van der Waals surface area contributed by atoms with Crippen molar-refractivity contribution in [2.24, 2.45) is 0 Å². The molecule has 1 N–H and O–H groups in total. The van der Waals surface area contributed by atoms with Crippen molar-refractivity contribution in [3.8, 4) is 0 Å². The summed E-state index contributed by atoms with van der Waals surface area (Å²) in [6.45, 7) is 0. The van der Waals surface area contributed by atoms with Crippen LogP contribution in [0.25, 0.3) is 0 Å². The quantitative estimate of drug-likeness (QED) is 0.856. The first-order valence-corrected chi connectivity index (χ1v) is 6.72. The molecule has 0 aliphatic carbocycles. The van der Waals surface area contributed by atoms with E-state index in [1.165, 1.54) is 12.1 Å². The topological polar surface area (TPSA) is 20.2 Å². The first kappa shape index (κ1) is 14.4. The van der Waals surface area contributed by atoms with Crippen molar-refractivity contribution < 1.29 is 13.9 Å². The predicted molar refractivity (Wildman–Crippen MR) is 74.2 cm³/mol. The largest absolute Gasteiger partial charge is 0.388 e. The molecule has 0 fully saturated rings. The van der Waals surface area contributed by atoms with Crippen molar-refractivity contribution in [3.63, 3.8) is 0 Å². The van der Waals surface area contributed by atoms with Gasteiger partial charge in [-0.2, -0.15) is 0 Å². The maximum absolute atomic E-state index is 13.5. The van der Waals surface area contributed by atoms with Crippen LogP contribution in [0.1, 0.15) is 17.2 Å². The molecule has 1 unspecified atom stereocenters. The summed E-state index contributed by atoms with van der Waals surface area (Å²) in [5.74, 6) is -1.84. The number of hydrogen-bond acceptors (Lipinski definition) is 1. The maximum atomic E-state index is 13.5. The van der Waals surface area contributed by atoms with Crippen molar-refractivity contribution in [3.05, 3.63) is 68.7 Å². The second-order valence-corrected chi connectivity index (χ2v) is 5.37. The molecular formula is C14H10BrClF2O. The van der Waals surface area contributed by atoms with E-state index in [0.717, 1.165) is 6.07 Å². The highest BCUT2D eigenvalue weighted by atomic mass is 79.9. The minimum atomic E-state index is -0.926. The molecule has 0 radical (unpaired) electrons. The molecule has 2 aromatic carbocycles. The van der Waals surface area contributed by atoms with E-state index >= 15 is 0 Å². The van der Waals surface area contributed by atoms with E-state index in [1.807, 2.05) is 0 Å². The summed E-state index contributed by atoms with van der Waals surface area (Å²) in [7, 11) is 0. The van der Waals surface area contributed by atoms with Crippen molar-refractivity contribution in [1.82, 2.24) is 0 Å². The average molecular weight is 348 g/mol. The summed E-state index contributed by atoms with van der Waals surface area (Å²) in [5.41, 5.74) is 0.721. The molecule has 0 saturated heterocycles. The number of halogens is 4. The van der Waals surface area contributed by atoms with Gasteiger partial charge in [0.05, 0.1) is 11.1 Å². The Labute approximate surface area is 123 Å². The second-order valence-electron chi connectivity index (χ2n) is 4.11. The monoisotopic (exact) mass is 346 g/mol. The first-order valence-electron chi connectivity index (χ1n) is 5.55. The van der Waals surface area contributed by atoms with E-state index in [1.54, 1.807) is 18.2 Å². The van der Waals surface area contributed by atoms with Crippen LogP contribution in [0, 0.1) is 11.6 Å². The highest BCUT2D eigenvalue weighted by molar-refractivity contribution is 9.10. The third kappa shape index (κ3) is 3.32. The van der Waals surface area contributed by atoms with Gasteiger partial charge < -0.3 is 5.11 Å². The molecule has 0 aliphatic rings. The fourth-order valence-electron chi connectivity index (χ4n) is 1.75. The van der Waals surface area contributed by atoms with E-state index in [9.17, 15) is 13.9 Å². The third-order valence-corrected chi connectivity index (χ3v) is 3.99. The number of hydrogen-bond donors (Lipinski definition) is 1. The van der Waals surface area contributed by atoms with Gasteiger partial charge in [0.15, 0.2) is 11.6 Å². The van der Waals surface area contributed by atoms with Gasteiger partial charge >= 0.3 is 0 Å². The van der Waals surface area contributed by atoms with Gasteiger partial charge in [0.2, 0.25) is 0 Å². The lowest BCUT2D eigenvalue weighted by Crippen LogP contribution is -2.04. The lowest BCUT2D eigenvalue weighted by Gasteiger charge is -2.12. The molecule has 0 bridgehead atoms. The minimum absolute atomic E-state index is 0.00232. The van der Waals surface area contributed by atoms with Gasteiger partial charge in [-0.1, -0.05) is 29.8 Å². The van der Waals surface area contributed by atoms with Gasteiger partial charge in [-0.05, 0) is 45.3 Å². The molecular weight excluding hydrogens is 338 g/mol. The van der Waals surface area contributed by atoms with Crippen LogP contribution in [0.2, 0.25) is 5.02 Å². The first-order chi connectivity index (χ1) is 8.99. The molecule has 1 atom stereocenters. The smallest absolute Gasteiger partial charge is 0.162 e. The maximum Gasteiger partial charge on any atom is 0.162 e. The highest BCUT2D eigenvalue weighted by Gasteiger charge is 2.14. The Hall–Kier alpha value is -0.970. The normalized spacial score (nSPS) is 12.5. The summed E-state index contributed by atoms with van der Waals surface area (Å²) < 4.78 is 27.2. The van der Waals surface area contributed by atoms with Crippen molar-refractivity contribution in [2.45, 2.75) is 12.5 Å². The minimum Gasteiger partial charge on any atom is -0.388 e. The predicted octanol–water partition coefficient (Wildman–Crippen LogP) is 4.66. The Bertz CT molecular complexity index is 604. The zero-order chi connectivity index (χ0) is 14.0. The zero-order valence-corrected chi connectivity index (χ0v) is 12.0. The fraction of sp³-hybridized carbons (Fsp3) is 0.143. The van der Waals surface area contributed by atoms with Gasteiger partial charge in [-0.15, -0.1) is 0 Å². The molecule has 2 aromatic rings. The molecule has 0 aliphatic heterocycles. The summed E-state index contributed by atoms with van der Waals surface area (Å²) in [6.07, 6.45) is -0.928. The Morgan fingerprint density at radius 3 is 2.63 bits per heavy atom. The molecule has 5 heteroatoms. The van der Waals surface area contributed by atoms with Gasteiger partial charge in [-0.25, -0.2) is 8.78 Å². The number of benzene rings is 2. The van der Waals surface area contributed by atoms with Crippen molar-refractivity contribution in [2.75, 3.05) is 0 Å². The van der Waals surface area contributed by atoms with Crippen LogP contribution >= 0.6 is 27.5 Å². The molecule has 0 heterocycles. The molecule has 0 aromatic heterocycles. The summed E-state index contributed by atoms with van der Waals surface area (Å²) in [4.78, 5) is 0. The van der Waals surface area contributed by atoms with Crippen LogP contribution in [0.3, 0.4) is 0 Å².